The summed E-state index contributed by atoms with van der Waals surface area (Å²) < 4.78 is 16.7. The van der Waals surface area contributed by atoms with Gasteiger partial charge in [-0.05, 0) is 38.1 Å². The molecule has 0 bridgehead atoms. The lowest BCUT2D eigenvalue weighted by Gasteiger charge is -2.00. The monoisotopic (exact) mass is 374 g/mol. The van der Waals surface area contributed by atoms with Crippen molar-refractivity contribution in [2.45, 2.75) is 20.5 Å². The van der Waals surface area contributed by atoms with Crippen molar-refractivity contribution in [3.63, 3.8) is 0 Å². The molecule has 0 aliphatic heterocycles. The lowest BCUT2D eigenvalue weighted by atomic mass is 10.2. The Morgan fingerprint density at radius 1 is 0.821 bits per heavy atom. The first-order valence-electron chi connectivity index (χ1n) is 8.83. The van der Waals surface area contributed by atoms with Crippen molar-refractivity contribution < 1.29 is 18.4 Å². The van der Waals surface area contributed by atoms with E-state index in [1.165, 1.54) is 0 Å². The van der Waals surface area contributed by atoms with Crippen LogP contribution in [0, 0.1) is 13.8 Å². The number of benzene rings is 2. The van der Waals surface area contributed by atoms with Crippen LogP contribution in [-0.2, 0) is 11.3 Å². The zero-order valence-corrected chi connectivity index (χ0v) is 15.5. The van der Waals surface area contributed by atoms with E-state index in [1.807, 2.05) is 60.7 Å². The smallest absolute Gasteiger partial charge is 0.361 e. The highest BCUT2D eigenvalue weighted by molar-refractivity contribution is 5.88. The topological polar surface area (TPSA) is 78.4 Å². The quantitative estimate of drug-likeness (QED) is 0.459. The first-order chi connectivity index (χ1) is 13.6. The van der Waals surface area contributed by atoms with Crippen molar-refractivity contribution in [1.82, 2.24) is 9.97 Å². The number of carbonyl (C=O) groups is 1. The van der Waals surface area contributed by atoms with E-state index >= 15 is 0 Å². The van der Waals surface area contributed by atoms with Gasteiger partial charge in [0.05, 0.1) is 0 Å². The first-order valence-corrected chi connectivity index (χ1v) is 8.83. The minimum absolute atomic E-state index is 0.00598. The number of hydrogen-bond acceptors (Lipinski definition) is 6. The molecule has 140 valence electrons. The Labute approximate surface area is 161 Å². The molecule has 0 spiro atoms. The summed E-state index contributed by atoms with van der Waals surface area (Å²) in [5.74, 6) is 1.33. The van der Waals surface area contributed by atoms with Crippen molar-refractivity contribution >= 4 is 5.97 Å². The fraction of sp³-hybridized carbons (Fsp3) is 0.136. The summed E-state index contributed by atoms with van der Waals surface area (Å²) in [6.07, 6.45) is 0. The molecule has 0 aliphatic carbocycles. The second-order valence-electron chi connectivity index (χ2n) is 6.25. The van der Waals surface area contributed by atoms with Gasteiger partial charge in [0.2, 0.25) is 11.8 Å². The van der Waals surface area contributed by atoms with E-state index in [1.54, 1.807) is 13.8 Å². The highest BCUT2D eigenvalue weighted by Crippen LogP contribution is 2.24. The summed E-state index contributed by atoms with van der Waals surface area (Å²) in [5.41, 5.74) is 2.38. The SMILES string of the molecule is Cc1oc(-c2ccccc2)nc1COC(=O)c1nc(-c2ccccc2)oc1C. The molecule has 0 aliphatic rings. The minimum atomic E-state index is -0.563. The average Bonchev–Trinajstić information content (AvgIpc) is 3.30. The van der Waals surface area contributed by atoms with Crippen molar-refractivity contribution in [3.8, 4) is 22.9 Å². The summed E-state index contributed by atoms with van der Waals surface area (Å²) in [6, 6.07) is 18.9. The Morgan fingerprint density at radius 3 is 1.96 bits per heavy atom. The molecule has 0 N–H and O–H groups in total. The van der Waals surface area contributed by atoms with E-state index in [9.17, 15) is 4.79 Å². The molecule has 2 aromatic heterocycles. The van der Waals surface area contributed by atoms with Gasteiger partial charge in [-0.2, -0.15) is 0 Å². The van der Waals surface area contributed by atoms with Crippen LogP contribution in [0.4, 0.5) is 0 Å². The van der Waals surface area contributed by atoms with Crippen LogP contribution in [0.3, 0.4) is 0 Å². The van der Waals surface area contributed by atoms with Gasteiger partial charge in [0.1, 0.15) is 23.8 Å². The highest BCUT2D eigenvalue weighted by atomic mass is 16.5. The third kappa shape index (κ3) is 3.57. The zero-order chi connectivity index (χ0) is 19.5. The van der Waals surface area contributed by atoms with Crippen LogP contribution in [0.2, 0.25) is 0 Å². The zero-order valence-electron chi connectivity index (χ0n) is 15.5. The molecule has 2 aromatic carbocycles. The fourth-order valence-corrected chi connectivity index (χ4v) is 2.76. The number of carbonyl (C=O) groups excluding carboxylic acids is 1. The summed E-state index contributed by atoms with van der Waals surface area (Å²) in [4.78, 5) is 21.2. The van der Waals surface area contributed by atoms with Gasteiger partial charge < -0.3 is 13.6 Å². The van der Waals surface area contributed by atoms with Crippen molar-refractivity contribution in [2.24, 2.45) is 0 Å². The van der Waals surface area contributed by atoms with E-state index < -0.39 is 5.97 Å². The predicted molar refractivity (Wildman–Crippen MR) is 102 cm³/mol. The van der Waals surface area contributed by atoms with Crippen LogP contribution < -0.4 is 0 Å². The minimum Gasteiger partial charge on any atom is -0.454 e. The van der Waals surface area contributed by atoms with Gasteiger partial charge >= 0.3 is 5.97 Å². The molecule has 4 rings (SSSR count). The average molecular weight is 374 g/mol. The van der Waals surface area contributed by atoms with Crippen LogP contribution in [0.25, 0.3) is 22.9 Å². The number of aryl methyl sites for hydroxylation is 2. The Kier molecular flexibility index (Phi) is 4.76. The van der Waals surface area contributed by atoms with Crippen molar-refractivity contribution in [1.29, 1.82) is 0 Å². The van der Waals surface area contributed by atoms with Gasteiger partial charge in [-0.15, -0.1) is 0 Å². The molecule has 6 nitrogen and oxygen atoms in total. The number of aromatic nitrogens is 2. The van der Waals surface area contributed by atoms with Crippen LogP contribution in [0.5, 0.6) is 0 Å². The number of nitrogens with zero attached hydrogens (tertiary/aromatic N) is 2. The van der Waals surface area contributed by atoms with Crippen molar-refractivity contribution in [3.05, 3.63) is 83.6 Å². The molecule has 0 saturated heterocycles. The third-order valence-corrected chi connectivity index (χ3v) is 4.26. The van der Waals surface area contributed by atoms with Crippen LogP contribution in [-0.4, -0.2) is 15.9 Å². The standard InChI is InChI=1S/C22H18N2O4/c1-14-18(23-20(27-14)16-9-5-3-6-10-16)13-26-22(25)19-15(2)28-21(24-19)17-11-7-4-8-12-17/h3-12H,13H2,1-2H3. The number of hydrogen-bond donors (Lipinski definition) is 0. The van der Waals surface area contributed by atoms with Crippen LogP contribution >= 0.6 is 0 Å². The molecule has 6 heteroatoms. The van der Waals surface area contributed by atoms with E-state index in [0.29, 0.717) is 29.0 Å². The Morgan fingerprint density at radius 2 is 1.36 bits per heavy atom. The second kappa shape index (κ2) is 7.52. The van der Waals surface area contributed by atoms with Gasteiger partial charge in [-0.25, -0.2) is 14.8 Å². The lowest BCUT2D eigenvalue weighted by Crippen LogP contribution is -2.08. The molecule has 0 unspecified atom stereocenters. The van der Waals surface area contributed by atoms with Crippen molar-refractivity contribution in [2.75, 3.05) is 0 Å². The number of rotatable bonds is 5. The van der Waals surface area contributed by atoms with Crippen LogP contribution in [0.1, 0.15) is 27.7 Å². The summed E-state index contributed by atoms with van der Waals surface area (Å²) in [7, 11) is 0. The van der Waals surface area contributed by atoms with Gasteiger partial charge in [0.15, 0.2) is 5.69 Å². The maximum atomic E-state index is 12.5. The largest absolute Gasteiger partial charge is 0.454 e. The number of ether oxygens (including phenoxy) is 1. The number of oxazole rings is 2. The summed E-state index contributed by atoms with van der Waals surface area (Å²) >= 11 is 0. The van der Waals surface area contributed by atoms with E-state index in [2.05, 4.69) is 9.97 Å². The maximum Gasteiger partial charge on any atom is 0.361 e. The maximum absolute atomic E-state index is 12.5. The van der Waals surface area contributed by atoms with Gasteiger partial charge in [0, 0.05) is 11.1 Å². The normalized spacial score (nSPS) is 10.8. The molecule has 0 amide bonds. The summed E-state index contributed by atoms with van der Waals surface area (Å²) in [5, 5.41) is 0. The molecular weight excluding hydrogens is 356 g/mol. The fourth-order valence-electron chi connectivity index (χ4n) is 2.76. The van der Waals surface area contributed by atoms with E-state index in [4.69, 9.17) is 13.6 Å². The molecule has 0 saturated carbocycles. The van der Waals surface area contributed by atoms with Gasteiger partial charge in [-0.3, -0.25) is 0 Å². The predicted octanol–water partition coefficient (Wildman–Crippen LogP) is 4.97. The molecule has 4 aromatic rings. The third-order valence-electron chi connectivity index (χ3n) is 4.26. The summed E-state index contributed by atoms with van der Waals surface area (Å²) in [6.45, 7) is 3.47. The second-order valence-corrected chi connectivity index (χ2v) is 6.25. The Bertz CT molecular complexity index is 1100. The van der Waals surface area contributed by atoms with Gasteiger partial charge in [-0.1, -0.05) is 36.4 Å². The number of esters is 1. The van der Waals surface area contributed by atoms with E-state index in [-0.39, 0.29) is 12.3 Å². The highest BCUT2D eigenvalue weighted by Gasteiger charge is 2.21. The molecule has 0 radical (unpaired) electrons. The van der Waals surface area contributed by atoms with Crippen LogP contribution in [0.15, 0.2) is 69.5 Å². The molecular formula is C22H18N2O4. The van der Waals surface area contributed by atoms with E-state index in [0.717, 1.165) is 11.1 Å². The molecule has 0 fully saturated rings. The van der Waals surface area contributed by atoms with Gasteiger partial charge in [0.25, 0.3) is 0 Å². The first kappa shape index (κ1) is 17.7. The molecule has 28 heavy (non-hydrogen) atoms. The molecule has 2 heterocycles. The lowest BCUT2D eigenvalue weighted by molar-refractivity contribution is 0.0458. The Hall–Kier alpha value is -3.67. The molecule has 0 atom stereocenters. The Balaban J connectivity index is 1.48.